The van der Waals surface area contributed by atoms with E-state index in [0.717, 1.165) is 22.9 Å². The zero-order chi connectivity index (χ0) is 25.3. The van der Waals surface area contributed by atoms with E-state index in [2.05, 4.69) is 5.10 Å². The minimum absolute atomic E-state index is 0.133. The summed E-state index contributed by atoms with van der Waals surface area (Å²) in [7, 11) is 0. The summed E-state index contributed by atoms with van der Waals surface area (Å²) in [6, 6.07) is 16.8. The lowest BCUT2D eigenvalue weighted by Crippen LogP contribution is -2.49. The number of aryl methyl sites for hydroxylation is 1. The van der Waals surface area contributed by atoms with Gasteiger partial charge in [0.05, 0.1) is 24.1 Å². The van der Waals surface area contributed by atoms with E-state index < -0.39 is 11.7 Å². The molecule has 2 aromatic carbocycles. The molecule has 0 bridgehead atoms. The number of nitrogens with zero attached hydrogens (tertiary/aromatic N) is 4. The minimum atomic E-state index is -4.37. The van der Waals surface area contributed by atoms with E-state index >= 15 is 0 Å². The van der Waals surface area contributed by atoms with Crippen LogP contribution in [0.2, 0.25) is 0 Å². The van der Waals surface area contributed by atoms with E-state index in [1.54, 1.807) is 18.4 Å². The fourth-order valence-corrected chi connectivity index (χ4v) is 4.67. The Bertz CT molecular complexity index is 1230. The first kappa shape index (κ1) is 24.1. The van der Waals surface area contributed by atoms with Gasteiger partial charge in [0.25, 0.3) is 5.91 Å². The normalized spacial score (nSPS) is 19.0. The van der Waals surface area contributed by atoms with Crippen molar-refractivity contribution in [1.29, 1.82) is 0 Å². The summed E-state index contributed by atoms with van der Waals surface area (Å²) < 4.78 is 44.9. The minimum Gasteiger partial charge on any atom is -0.467 e. The number of amides is 1. The highest BCUT2D eigenvalue weighted by Gasteiger charge is 2.36. The van der Waals surface area contributed by atoms with E-state index in [-0.39, 0.29) is 18.5 Å². The maximum Gasteiger partial charge on any atom is 0.416 e. The number of hydrogen-bond acceptors (Lipinski definition) is 5. The quantitative estimate of drug-likeness (QED) is 0.493. The predicted octanol–water partition coefficient (Wildman–Crippen LogP) is 5.11. The van der Waals surface area contributed by atoms with Crippen LogP contribution in [-0.2, 0) is 11.0 Å². The van der Waals surface area contributed by atoms with Gasteiger partial charge >= 0.3 is 6.18 Å². The van der Waals surface area contributed by atoms with Crippen molar-refractivity contribution in [3.05, 3.63) is 89.4 Å². The first-order valence-corrected chi connectivity index (χ1v) is 11.9. The van der Waals surface area contributed by atoms with Crippen molar-refractivity contribution in [3.63, 3.8) is 0 Å². The van der Waals surface area contributed by atoms with Gasteiger partial charge in [0.15, 0.2) is 0 Å². The van der Waals surface area contributed by atoms with Crippen molar-refractivity contribution in [3.8, 4) is 0 Å². The van der Waals surface area contributed by atoms with Gasteiger partial charge in [-0.05, 0) is 42.8 Å². The summed E-state index contributed by atoms with van der Waals surface area (Å²) >= 11 is 0. The highest BCUT2D eigenvalue weighted by Crippen LogP contribution is 2.34. The topological polar surface area (TPSA) is 52.3 Å². The van der Waals surface area contributed by atoms with Crippen LogP contribution in [0.1, 0.15) is 34.9 Å². The van der Waals surface area contributed by atoms with Crippen molar-refractivity contribution >= 4 is 17.3 Å². The highest BCUT2D eigenvalue weighted by atomic mass is 19.4. The molecule has 3 heterocycles. The maximum atomic E-state index is 13.4. The lowest BCUT2D eigenvalue weighted by Gasteiger charge is -2.36. The van der Waals surface area contributed by atoms with Gasteiger partial charge in [-0.1, -0.05) is 35.9 Å². The number of hydrazone groups is 1. The van der Waals surface area contributed by atoms with Gasteiger partial charge in [-0.25, -0.2) is 5.01 Å². The Hall–Kier alpha value is -3.59. The van der Waals surface area contributed by atoms with Crippen LogP contribution >= 0.6 is 0 Å². The van der Waals surface area contributed by atoms with Gasteiger partial charge in [-0.2, -0.15) is 18.3 Å². The molecule has 188 valence electrons. The summed E-state index contributed by atoms with van der Waals surface area (Å²) in [5, 5.41) is 6.20. The fourth-order valence-electron chi connectivity index (χ4n) is 4.67. The Morgan fingerprint density at radius 2 is 1.78 bits per heavy atom. The highest BCUT2D eigenvalue weighted by molar-refractivity contribution is 6.03. The van der Waals surface area contributed by atoms with Crippen LogP contribution in [-0.4, -0.2) is 54.3 Å². The van der Waals surface area contributed by atoms with Gasteiger partial charge in [0.1, 0.15) is 11.8 Å². The Morgan fingerprint density at radius 1 is 1.03 bits per heavy atom. The van der Waals surface area contributed by atoms with E-state index in [9.17, 15) is 18.0 Å². The number of benzene rings is 2. The van der Waals surface area contributed by atoms with Gasteiger partial charge in [-0.15, -0.1) is 0 Å². The zero-order valence-corrected chi connectivity index (χ0v) is 19.9. The Balaban J connectivity index is 1.25. The number of anilines is 1. The van der Waals surface area contributed by atoms with Crippen LogP contribution in [0, 0.1) is 6.92 Å². The molecular weight excluding hydrogens is 469 g/mol. The van der Waals surface area contributed by atoms with Crippen molar-refractivity contribution in [2.45, 2.75) is 25.6 Å². The number of alkyl halides is 3. The Kier molecular flexibility index (Phi) is 6.57. The smallest absolute Gasteiger partial charge is 0.416 e. The van der Waals surface area contributed by atoms with Crippen molar-refractivity contribution < 1.29 is 22.4 Å². The third-order valence-electron chi connectivity index (χ3n) is 6.69. The molecule has 0 saturated carbocycles. The molecule has 1 fully saturated rings. The first-order valence-electron chi connectivity index (χ1n) is 11.9. The van der Waals surface area contributed by atoms with Gasteiger partial charge in [-0.3, -0.25) is 9.69 Å². The standard InChI is InChI=1S/C27H27F3N4O2/c1-19-7-9-20(10-8-19)23-17-24(25-6-3-15-36-25)34(31-23)26(35)18-32-11-13-33(14-12-32)22-5-2-4-21(16-22)27(28,29)30/h2-10,15-16,24H,11-14,17-18H2,1H3/t24-/m1/s1. The second-order valence-electron chi connectivity index (χ2n) is 9.20. The van der Waals surface area contributed by atoms with Crippen LogP contribution in [0.15, 0.2) is 76.4 Å². The Morgan fingerprint density at radius 3 is 2.44 bits per heavy atom. The average molecular weight is 497 g/mol. The van der Waals surface area contributed by atoms with E-state index in [1.807, 2.05) is 47.1 Å². The molecule has 2 aliphatic rings. The molecule has 36 heavy (non-hydrogen) atoms. The lowest BCUT2D eigenvalue weighted by molar-refractivity contribution is -0.137. The summed E-state index contributed by atoms with van der Waals surface area (Å²) in [4.78, 5) is 17.3. The molecule has 1 amide bonds. The number of carbonyl (C=O) groups excluding carboxylic acids is 1. The molecule has 9 heteroatoms. The number of carbonyl (C=O) groups is 1. The molecule has 2 aliphatic heterocycles. The summed E-state index contributed by atoms with van der Waals surface area (Å²) in [5.41, 5.74) is 2.84. The molecular formula is C27H27F3N4O2. The monoisotopic (exact) mass is 496 g/mol. The van der Waals surface area contributed by atoms with Gasteiger partial charge in [0, 0.05) is 38.3 Å². The van der Waals surface area contributed by atoms with Crippen molar-refractivity contribution in [1.82, 2.24) is 9.91 Å². The first-order chi connectivity index (χ1) is 17.3. The molecule has 0 spiro atoms. The molecule has 0 radical (unpaired) electrons. The zero-order valence-electron chi connectivity index (χ0n) is 19.9. The number of halogens is 3. The van der Waals surface area contributed by atoms with Crippen LogP contribution in [0.25, 0.3) is 0 Å². The van der Waals surface area contributed by atoms with E-state index in [4.69, 9.17) is 4.42 Å². The molecule has 0 unspecified atom stereocenters. The second kappa shape index (κ2) is 9.81. The number of furan rings is 1. The van der Waals surface area contributed by atoms with Crippen molar-refractivity contribution in [2.75, 3.05) is 37.6 Å². The van der Waals surface area contributed by atoms with Crippen molar-refractivity contribution in [2.24, 2.45) is 5.10 Å². The third-order valence-corrected chi connectivity index (χ3v) is 6.69. The Labute approximate surface area is 207 Å². The maximum absolute atomic E-state index is 13.4. The average Bonchev–Trinajstić information content (AvgIpc) is 3.55. The summed E-state index contributed by atoms with van der Waals surface area (Å²) in [6.07, 6.45) is -2.22. The molecule has 6 nitrogen and oxygen atoms in total. The lowest BCUT2D eigenvalue weighted by atomic mass is 10.0. The van der Waals surface area contributed by atoms with Crippen LogP contribution < -0.4 is 4.90 Å². The second-order valence-corrected chi connectivity index (χ2v) is 9.20. The molecule has 0 N–H and O–H groups in total. The van der Waals surface area contributed by atoms with Crippen LogP contribution in [0.4, 0.5) is 18.9 Å². The van der Waals surface area contributed by atoms with E-state index in [1.165, 1.54) is 17.1 Å². The van der Waals surface area contributed by atoms with E-state index in [0.29, 0.717) is 44.0 Å². The summed E-state index contributed by atoms with van der Waals surface area (Å²) in [6.45, 7) is 4.40. The molecule has 1 atom stereocenters. The third kappa shape index (κ3) is 5.16. The number of hydrogen-bond donors (Lipinski definition) is 0. The number of rotatable bonds is 5. The number of piperazine rings is 1. The SMILES string of the molecule is Cc1ccc(C2=NN(C(=O)CN3CCN(c4cccc(C(F)(F)F)c4)CC3)[C@@H](c3ccco3)C2)cc1. The predicted molar refractivity (Wildman–Crippen MR) is 131 cm³/mol. The van der Waals surface area contributed by atoms with Crippen LogP contribution in [0.5, 0.6) is 0 Å². The van der Waals surface area contributed by atoms with Gasteiger partial charge in [0.2, 0.25) is 0 Å². The van der Waals surface area contributed by atoms with Gasteiger partial charge < -0.3 is 9.32 Å². The molecule has 1 saturated heterocycles. The molecule has 5 rings (SSSR count). The molecule has 0 aliphatic carbocycles. The molecule has 1 aromatic heterocycles. The molecule has 3 aromatic rings. The summed E-state index contributed by atoms with van der Waals surface area (Å²) in [5.74, 6) is 0.551. The largest absolute Gasteiger partial charge is 0.467 e. The van der Waals surface area contributed by atoms with Crippen LogP contribution in [0.3, 0.4) is 0 Å². The fraction of sp³-hybridized carbons (Fsp3) is 0.333.